The maximum atomic E-state index is 14.0. The van der Waals surface area contributed by atoms with Gasteiger partial charge in [-0.15, -0.1) is 0 Å². The molecule has 0 radical (unpaired) electrons. The highest BCUT2D eigenvalue weighted by molar-refractivity contribution is 7.39. The number of aliphatic hydroxyl groups excluding tert-OH is 1. The van der Waals surface area contributed by atoms with Crippen molar-refractivity contribution in [2.75, 3.05) is 13.7 Å². The number of aliphatic hydroxyl groups is 1. The van der Waals surface area contributed by atoms with Gasteiger partial charge in [-0.2, -0.15) is 0 Å². The zero-order valence-corrected chi connectivity index (χ0v) is 22.2. The van der Waals surface area contributed by atoms with Gasteiger partial charge in [0.2, 0.25) is 8.03 Å². The number of ether oxygens (including phenoxy) is 1. The van der Waals surface area contributed by atoms with Gasteiger partial charge >= 0.3 is 5.97 Å². The van der Waals surface area contributed by atoms with Crippen LogP contribution in [0, 0.1) is 12.7 Å². The van der Waals surface area contributed by atoms with Gasteiger partial charge in [-0.05, 0) is 60.2 Å². The number of halogens is 1. The van der Waals surface area contributed by atoms with Crippen LogP contribution in [0.5, 0.6) is 0 Å². The van der Waals surface area contributed by atoms with Crippen LogP contribution < -0.4 is 0 Å². The average molecular weight is 514 g/mol. The molecule has 6 nitrogen and oxygen atoms in total. The highest BCUT2D eigenvalue weighted by Gasteiger charge is 2.35. The van der Waals surface area contributed by atoms with Crippen molar-refractivity contribution in [2.45, 2.75) is 51.8 Å². The van der Waals surface area contributed by atoms with E-state index in [0.29, 0.717) is 33.6 Å². The lowest BCUT2D eigenvalue weighted by atomic mass is 9.87. The van der Waals surface area contributed by atoms with Crippen LogP contribution in [0.15, 0.2) is 54.6 Å². The maximum absolute atomic E-state index is 14.0. The van der Waals surface area contributed by atoms with Crippen LogP contribution in [0.25, 0.3) is 22.4 Å². The second-order valence-corrected chi connectivity index (χ2v) is 10.6. The molecule has 0 bridgehead atoms. The third-order valence-electron chi connectivity index (χ3n) is 6.02. The molecular weight excluding hydrogens is 480 g/mol. The fourth-order valence-electron chi connectivity index (χ4n) is 4.35. The molecule has 192 valence electrons. The van der Waals surface area contributed by atoms with Crippen LogP contribution in [0.1, 0.15) is 55.6 Å². The summed E-state index contributed by atoms with van der Waals surface area (Å²) in [7, 11) is -1.57. The number of nitrogens with zero attached hydrogens (tertiary/aromatic N) is 1. The Bertz CT molecular complexity index is 1230. The lowest BCUT2D eigenvalue weighted by molar-refractivity contribution is -0.145. The van der Waals surface area contributed by atoms with Gasteiger partial charge < -0.3 is 14.4 Å². The fraction of sp³-hybridized carbons (Fsp3) is 0.357. The van der Waals surface area contributed by atoms with Crippen molar-refractivity contribution >= 4 is 14.0 Å². The number of carbonyl (C=O) groups is 1. The topological polar surface area (TPSA) is 85.7 Å². The first-order valence-corrected chi connectivity index (χ1v) is 13.4. The lowest BCUT2D eigenvalue weighted by Crippen LogP contribution is -2.24. The van der Waals surface area contributed by atoms with Crippen molar-refractivity contribution in [2.24, 2.45) is 0 Å². The molecule has 36 heavy (non-hydrogen) atoms. The molecule has 1 N–H and O–H groups in total. The molecule has 1 heterocycles. The summed E-state index contributed by atoms with van der Waals surface area (Å²) >= 11 is 0. The highest BCUT2D eigenvalue weighted by atomic mass is 31.1. The van der Waals surface area contributed by atoms with Gasteiger partial charge in [0.15, 0.2) is 0 Å². The first-order chi connectivity index (χ1) is 17.2. The van der Waals surface area contributed by atoms with Gasteiger partial charge in [0.1, 0.15) is 5.82 Å². The molecule has 0 fully saturated rings. The first-order valence-electron chi connectivity index (χ1n) is 12.0. The van der Waals surface area contributed by atoms with Crippen molar-refractivity contribution in [3.8, 4) is 22.4 Å². The van der Waals surface area contributed by atoms with Crippen molar-refractivity contribution in [3.05, 3.63) is 77.2 Å². The van der Waals surface area contributed by atoms with Crippen LogP contribution in [0.4, 0.5) is 4.39 Å². The number of aryl methyl sites for hydroxylation is 1. The largest absolute Gasteiger partial charge is 0.466 e. The number of hydrogen-bond donors (Lipinski definition) is 1. The van der Waals surface area contributed by atoms with Gasteiger partial charge in [-0.3, -0.25) is 14.3 Å². The molecule has 2 aromatic carbocycles. The van der Waals surface area contributed by atoms with E-state index in [9.17, 15) is 18.9 Å². The Morgan fingerprint density at radius 2 is 1.81 bits per heavy atom. The predicted octanol–water partition coefficient (Wildman–Crippen LogP) is 6.46. The molecule has 3 unspecified atom stereocenters. The predicted molar refractivity (Wildman–Crippen MR) is 140 cm³/mol. The smallest absolute Gasteiger partial charge is 0.308 e. The number of rotatable bonds is 10. The Balaban J connectivity index is 2.36. The average Bonchev–Trinajstić information content (AvgIpc) is 2.84. The van der Waals surface area contributed by atoms with E-state index in [2.05, 4.69) is 0 Å². The minimum Gasteiger partial charge on any atom is -0.466 e. The van der Waals surface area contributed by atoms with E-state index < -0.39 is 25.8 Å². The van der Waals surface area contributed by atoms with Crippen molar-refractivity contribution in [3.63, 3.8) is 0 Å². The van der Waals surface area contributed by atoms with Crippen LogP contribution in [0.2, 0.25) is 0 Å². The molecule has 3 atom stereocenters. The molecule has 0 amide bonds. The minimum absolute atomic E-state index is 0.118. The molecule has 8 heteroatoms. The van der Waals surface area contributed by atoms with Crippen LogP contribution in [-0.4, -0.2) is 35.9 Å². The Kier molecular flexibility index (Phi) is 9.55. The molecule has 0 aliphatic carbocycles. The molecule has 3 aromatic rings. The quantitative estimate of drug-likeness (QED) is 0.247. The van der Waals surface area contributed by atoms with Gasteiger partial charge in [0.05, 0.1) is 30.5 Å². The van der Waals surface area contributed by atoms with E-state index in [-0.39, 0.29) is 24.8 Å². The number of hydrogen-bond acceptors (Lipinski definition) is 6. The van der Waals surface area contributed by atoms with E-state index in [1.165, 1.54) is 19.2 Å². The number of aromatic nitrogens is 1. The number of benzene rings is 2. The van der Waals surface area contributed by atoms with E-state index in [0.717, 1.165) is 5.56 Å². The Morgan fingerprint density at radius 3 is 2.39 bits per heavy atom. The Labute approximate surface area is 212 Å². The summed E-state index contributed by atoms with van der Waals surface area (Å²) in [6.45, 7) is 7.56. The highest BCUT2D eigenvalue weighted by Crippen LogP contribution is 2.51. The molecule has 0 saturated heterocycles. The zero-order valence-electron chi connectivity index (χ0n) is 21.2. The maximum Gasteiger partial charge on any atom is 0.308 e. The number of carbonyl (C=O) groups excluding carboxylic acids is 1. The van der Waals surface area contributed by atoms with Crippen molar-refractivity contribution in [1.29, 1.82) is 0 Å². The van der Waals surface area contributed by atoms with Gasteiger partial charge in [-0.25, -0.2) is 4.39 Å². The summed E-state index contributed by atoms with van der Waals surface area (Å²) in [5.74, 6) is -1.09. The summed E-state index contributed by atoms with van der Waals surface area (Å²) in [5.41, 5.74) is 3.75. The van der Waals surface area contributed by atoms with Crippen LogP contribution in [0.3, 0.4) is 0 Å². The summed E-state index contributed by atoms with van der Waals surface area (Å²) in [4.78, 5) is 17.2. The first kappa shape index (κ1) is 27.7. The third kappa shape index (κ3) is 6.28. The molecule has 0 saturated carbocycles. The molecule has 0 aliphatic rings. The standard InChI is InChI=1S/C28H33FNO5P/c1-6-35-25(32)16-24(31)28(36(33)34-5)26-22(21-13-12-20(29)14-18(21)4)15-23(30-27(26)17(2)3)19-10-8-7-9-11-19/h7-15,17,24,28,31,36H,6,16H2,1-5H3. The summed E-state index contributed by atoms with van der Waals surface area (Å²) in [6, 6.07) is 16.0. The van der Waals surface area contributed by atoms with E-state index in [4.69, 9.17) is 14.2 Å². The van der Waals surface area contributed by atoms with Crippen LogP contribution >= 0.6 is 8.03 Å². The van der Waals surface area contributed by atoms with E-state index in [1.807, 2.05) is 50.2 Å². The van der Waals surface area contributed by atoms with E-state index >= 15 is 0 Å². The zero-order chi connectivity index (χ0) is 26.4. The normalized spacial score (nSPS) is 13.9. The van der Waals surface area contributed by atoms with E-state index in [1.54, 1.807) is 19.9 Å². The van der Waals surface area contributed by atoms with Gasteiger partial charge in [0, 0.05) is 18.4 Å². The Hall–Kier alpha value is -2.86. The molecular formula is C28H33FNO5P. The fourth-order valence-corrected chi connectivity index (χ4v) is 5.58. The van der Waals surface area contributed by atoms with Gasteiger partial charge in [0.25, 0.3) is 0 Å². The third-order valence-corrected chi connectivity index (χ3v) is 7.60. The number of esters is 1. The SMILES string of the molecule is CCOC(=O)CC(O)C(c1c(-c2ccc(F)cc2C)cc(-c2ccccc2)nc1C(C)C)[PH](=O)OC. The van der Waals surface area contributed by atoms with Crippen LogP contribution in [-0.2, 0) is 18.6 Å². The molecule has 0 spiro atoms. The second-order valence-electron chi connectivity index (χ2n) is 8.91. The van der Waals surface area contributed by atoms with Crippen molar-refractivity contribution in [1.82, 2.24) is 4.98 Å². The van der Waals surface area contributed by atoms with Gasteiger partial charge in [-0.1, -0.05) is 50.2 Å². The minimum atomic E-state index is -2.88. The van der Waals surface area contributed by atoms with Crippen molar-refractivity contribution < 1.29 is 28.1 Å². The lowest BCUT2D eigenvalue weighted by Gasteiger charge is -2.28. The monoisotopic (exact) mass is 513 g/mol. The summed E-state index contributed by atoms with van der Waals surface area (Å²) < 4.78 is 37.6. The molecule has 1 aromatic heterocycles. The summed E-state index contributed by atoms with van der Waals surface area (Å²) in [6.07, 6.45) is -1.69. The summed E-state index contributed by atoms with van der Waals surface area (Å²) in [5, 5.41) is 11.2. The molecule has 3 rings (SSSR count). The molecule has 0 aliphatic heterocycles. The number of pyridine rings is 1. The Morgan fingerprint density at radius 1 is 1.11 bits per heavy atom. The second kappa shape index (κ2) is 12.4.